The molecule has 72 valence electrons. The molecule has 0 radical (unpaired) electrons. The summed E-state index contributed by atoms with van der Waals surface area (Å²) in [6.07, 6.45) is 9.62. The molecule has 0 saturated heterocycles. The predicted octanol–water partition coefficient (Wildman–Crippen LogP) is 2.19. The van der Waals surface area contributed by atoms with Gasteiger partial charge in [0.2, 0.25) is 0 Å². The Bertz CT molecular complexity index is 345. The molecule has 0 atom stereocenters. The Balaban J connectivity index is 2.42. The summed E-state index contributed by atoms with van der Waals surface area (Å²) < 4.78 is 0. The number of allylic oxidation sites excluding steroid dienone is 2. The molecular weight excluding hydrogens is 196 g/mol. The van der Waals surface area contributed by atoms with Gasteiger partial charge in [-0.25, -0.2) is 0 Å². The number of aromatic nitrogens is 1. The summed E-state index contributed by atoms with van der Waals surface area (Å²) in [6.45, 7) is 0. The summed E-state index contributed by atoms with van der Waals surface area (Å²) in [4.78, 5) is 4.33. The quantitative estimate of drug-likeness (QED) is 0.751. The second-order valence-corrected chi connectivity index (χ2v) is 3.49. The highest BCUT2D eigenvalue weighted by atomic mass is 35.5. The van der Waals surface area contributed by atoms with Gasteiger partial charge in [-0.1, -0.05) is 18.2 Å². The first-order valence-electron chi connectivity index (χ1n) is 4.46. The van der Waals surface area contributed by atoms with E-state index in [2.05, 4.69) is 10.3 Å². The van der Waals surface area contributed by atoms with Gasteiger partial charge in [-0.05, 0) is 24.5 Å². The minimum Gasteiger partial charge on any atom is -0.368 e. The van der Waals surface area contributed by atoms with E-state index in [0.717, 1.165) is 5.69 Å². The molecule has 2 heterocycles. The van der Waals surface area contributed by atoms with Crippen LogP contribution in [0.2, 0.25) is 0 Å². The van der Waals surface area contributed by atoms with Crippen LogP contribution in [0.3, 0.4) is 0 Å². The smallest absolute Gasteiger partial charge is 0.0654 e. The molecule has 0 aromatic carbocycles. The summed E-state index contributed by atoms with van der Waals surface area (Å²) >= 11 is 6.00. The first kappa shape index (κ1) is 9.28. The Hall–Kier alpha value is -1.28. The molecule has 1 aromatic rings. The van der Waals surface area contributed by atoms with E-state index in [9.17, 15) is 0 Å². The number of rotatable bonds is 2. The van der Waals surface area contributed by atoms with E-state index >= 15 is 0 Å². The van der Waals surface area contributed by atoms with Gasteiger partial charge in [0.05, 0.1) is 11.1 Å². The first-order chi connectivity index (χ1) is 6.87. The number of hydrogen-bond acceptors (Lipinski definition) is 2. The first-order valence-corrected chi connectivity index (χ1v) is 5.00. The third-order valence-electron chi connectivity index (χ3n) is 2.32. The summed E-state index contributed by atoms with van der Waals surface area (Å²) in [5, 5.41) is 3.00. The number of dihydropyridines is 1. The van der Waals surface area contributed by atoms with Crippen LogP contribution < -0.4 is 5.32 Å². The average Bonchev–Trinajstić information content (AvgIpc) is 2.31. The summed E-state index contributed by atoms with van der Waals surface area (Å²) in [6, 6.07) is 5.86. The Morgan fingerprint density at radius 1 is 1.29 bits per heavy atom. The van der Waals surface area contributed by atoms with Crippen molar-refractivity contribution in [2.24, 2.45) is 0 Å². The van der Waals surface area contributed by atoms with Crippen LogP contribution in [-0.2, 0) is 5.41 Å². The summed E-state index contributed by atoms with van der Waals surface area (Å²) in [7, 11) is 0. The summed E-state index contributed by atoms with van der Waals surface area (Å²) in [5.41, 5.74) is 0.720. The molecule has 0 aliphatic carbocycles. The SMILES string of the molecule is ClCC1(c2ccccn2)C=CNC=C1. The molecular formula is C11H11ClN2. The van der Waals surface area contributed by atoms with Crippen LogP contribution in [0.5, 0.6) is 0 Å². The molecule has 14 heavy (non-hydrogen) atoms. The van der Waals surface area contributed by atoms with Crippen LogP contribution >= 0.6 is 11.6 Å². The van der Waals surface area contributed by atoms with E-state index in [1.807, 2.05) is 42.8 Å². The number of alkyl halides is 1. The molecule has 0 bridgehead atoms. The topological polar surface area (TPSA) is 24.9 Å². The van der Waals surface area contributed by atoms with Crippen molar-refractivity contribution in [2.45, 2.75) is 5.41 Å². The molecule has 2 rings (SSSR count). The van der Waals surface area contributed by atoms with Gasteiger partial charge in [-0.3, -0.25) is 4.98 Å². The zero-order valence-electron chi connectivity index (χ0n) is 7.65. The van der Waals surface area contributed by atoms with Crippen molar-refractivity contribution in [1.29, 1.82) is 0 Å². The molecule has 0 unspecified atom stereocenters. The number of halogens is 1. The predicted molar refractivity (Wildman–Crippen MR) is 58.1 cm³/mol. The van der Waals surface area contributed by atoms with Gasteiger partial charge < -0.3 is 5.32 Å². The van der Waals surface area contributed by atoms with Crippen molar-refractivity contribution in [3.05, 3.63) is 54.6 Å². The second-order valence-electron chi connectivity index (χ2n) is 3.22. The van der Waals surface area contributed by atoms with Gasteiger partial charge in [0.1, 0.15) is 0 Å². The third kappa shape index (κ3) is 1.53. The molecule has 2 nitrogen and oxygen atoms in total. The van der Waals surface area contributed by atoms with E-state index in [-0.39, 0.29) is 5.41 Å². The van der Waals surface area contributed by atoms with Crippen molar-refractivity contribution in [2.75, 3.05) is 5.88 Å². The lowest BCUT2D eigenvalue weighted by atomic mass is 9.85. The third-order valence-corrected chi connectivity index (χ3v) is 2.76. The molecule has 0 amide bonds. The highest BCUT2D eigenvalue weighted by Gasteiger charge is 2.27. The molecule has 1 aromatic heterocycles. The summed E-state index contributed by atoms with van der Waals surface area (Å²) in [5.74, 6) is 0.499. The monoisotopic (exact) mass is 206 g/mol. The van der Waals surface area contributed by atoms with Crippen molar-refractivity contribution >= 4 is 11.6 Å². The van der Waals surface area contributed by atoms with Gasteiger partial charge in [-0.15, -0.1) is 11.6 Å². The minimum absolute atomic E-state index is 0.256. The number of pyridine rings is 1. The van der Waals surface area contributed by atoms with Crippen molar-refractivity contribution < 1.29 is 0 Å². The van der Waals surface area contributed by atoms with Gasteiger partial charge in [-0.2, -0.15) is 0 Å². The van der Waals surface area contributed by atoms with Gasteiger partial charge in [0.25, 0.3) is 0 Å². The Morgan fingerprint density at radius 3 is 2.64 bits per heavy atom. The van der Waals surface area contributed by atoms with Gasteiger partial charge in [0.15, 0.2) is 0 Å². The molecule has 0 saturated carbocycles. The lowest BCUT2D eigenvalue weighted by Gasteiger charge is -2.26. The lowest BCUT2D eigenvalue weighted by Crippen LogP contribution is -2.27. The van der Waals surface area contributed by atoms with Crippen LogP contribution in [0, 0.1) is 0 Å². The minimum atomic E-state index is -0.256. The molecule has 1 N–H and O–H groups in total. The van der Waals surface area contributed by atoms with E-state index in [1.54, 1.807) is 6.20 Å². The van der Waals surface area contributed by atoms with E-state index in [1.165, 1.54) is 0 Å². The fourth-order valence-electron chi connectivity index (χ4n) is 1.47. The standard InChI is InChI=1S/C11H11ClN2/c12-9-11(4-7-13-8-5-11)10-3-1-2-6-14-10/h1-8,13H,9H2. The number of hydrogen-bond donors (Lipinski definition) is 1. The van der Waals surface area contributed by atoms with E-state index in [0.29, 0.717) is 5.88 Å². The number of nitrogens with zero attached hydrogens (tertiary/aromatic N) is 1. The van der Waals surface area contributed by atoms with Crippen LogP contribution in [0.1, 0.15) is 5.69 Å². The maximum Gasteiger partial charge on any atom is 0.0654 e. The Kier molecular flexibility index (Phi) is 2.55. The van der Waals surface area contributed by atoms with Gasteiger partial charge in [0, 0.05) is 12.1 Å². The van der Waals surface area contributed by atoms with Crippen molar-refractivity contribution in [1.82, 2.24) is 10.3 Å². The van der Waals surface area contributed by atoms with Crippen LogP contribution in [0.15, 0.2) is 48.9 Å². The van der Waals surface area contributed by atoms with E-state index < -0.39 is 0 Å². The highest BCUT2D eigenvalue weighted by Crippen LogP contribution is 2.28. The highest BCUT2D eigenvalue weighted by molar-refractivity contribution is 6.19. The molecule has 3 heteroatoms. The largest absolute Gasteiger partial charge is 0.368 e. The molecule has 0 spiro atoms. The van der Waals surface area contributed by atoms with Gasteiger partial charge >= 0.3 is 0 Å². The number of nitrogens with one attached hydrogen (secondary N) is 1. The Morgan fingerprint density at radius 2 is 2.07 bits per heavy atom. The van der Waals surface area contributed by atoms with Crippen LogP contribution in [0.4, 0.5) is 0 Å². The fourth-order valence-corrected chi connectivity index (χ4v) is 1.79. The van der Waals surface area contributed by atoms with E-state index in [4.69, 9.17) is 11.6 Å². The van der Waals surface area contributed by atoms with Crippen molar-refractivity contribution in [3.63, 3.8) is 0 Å². The fraction of sp³-hybridized carbons (Fsp3) is 0.182. The van der Waals surface area contributed by atoms with Crippen molar-refractivity contribution in [3.8, 4) is 0 Å². The maximum atomic E-state index is 6.00. The zero-order chi connectivity index (χ0) is 9.86. The maximum absolute atomic E-state index is 6.00. The molecule has 1 aliphatic heterocycles. The molecule has 1 aliphatic rings. The lowest BCUT2D eigenvalue weighted by molar-refractivity contribution is 0.710. The van der Waals surface area contributed by atoms with Crippen LogP contribution in [-0.4, -0.2) is 10.9 Å². The zero-order valence-corrected chi connectivity index (χ0v) is 8.41. The Labute approximate surface area is 88.3 Å². The normalized spacial score (nSPS) is 17.8. The molecule has 0 fully saturated rings. The van der Waals surface area contributed by atoms with Crippen LogP contribution in [0.25, 0.3) is 0 Å². The second kappa shape index (κ2) is 3.84. The average molecular weight is 207 g/mol.